The molecule has 0 aromatic heterocycles. The predicted molar refractivity (Wildman–Crippen MR) is 79.9 cm³/mol. The summed E-state index contributed by atoms with van der Waals surface area (Å²) in [6.07, 6.45) is 0.0101. The Kier molecular flexibility index (Phi) is 4.22. The first kappa shape index (κ1) is 13.6. The average Bonchev–Trinajstić information content (AvgIpc) is 2.36. The van der Waals surface area contributed by atoms with Crippen LogP contribution in [0.15, 0.2) is 46.9 Å². The summed E-state index contributed by atoms with van der Waals surface area (Å²) in [5.41, 5.74) is 3.67. The number of aryl methyl sites for hydroxylation is 1. The molecule has 0 aliphatic rings. The van der Waals surface area contributed by atoms with Crippen LogP contribution in [-0.4, -0.2) is 11.1 Å². The van der Waals surface area contributed by atoms with Gasteiger partial charge in [-0.15, -0.1) is 0 Å². The van der Waals surface area contributed by atoms with Crippen molar-refractivity contribution in [3.8, 4) is 0 Å². The van der Waals surface area contributed by atoms with Gasteiger partial charge in [-0.25, -0.2) is 0 Å². The first-order valence-electron chi connectivity index (χ1n) is 5.89. The number of hydrogen-bond donors (Lipinski definition) is 2. The fourth-order valence-corrected chi connectivity index (χ4v) is 2.16. The monoisotopic (exact) mass is 319 g/mol. The molecule has 4 heteroatoms. The van der Waals surface area contributed by atoms with Crippen molar-refractivity contribution >= 4 is 33.3 Å². The molecule has 0 fully saturated rings. The fourth-order valence-electron chi connectivity index (χ4n) is 1.79. The molecule has 0 aliphatic heterocycles. The Morgan fingerprint density at radius 3 is 2.68 bits per heavy atom. The minimum atomic E-state index is -0.834. The second-order valence-electron chi connectivity index (χ2n) is 4.32. The molecule has 0 heterocycles. The third kappa shape index (κ3) is 3.58. The van der Waals surface area contributed by atoms with Crippen molar-refractivity contribution in [1.82, 2.24) is 0 Å². The number of para-hydroxylation sites is 1. The van der Waals surface area contributed by atoms with Gasteiger partial charge >= 0.3 is 5.97 Å². The molecule has 2 aromatic rings. The Labute approximate surface area is 120 Å². The van der Waals surface area contributed by atoms with Crippen molar-refractivity contribution in [2.24, 2.45) is 0 Å². The van der Waals surface area contributed by atoms with Gasteiger partial charge in [0.1, 0.15) is 0 Å². The van der Waals surface area contributed by atoms with Gasteiger partial charge in [-0.05, 0) is 36.2 Å². The number of benzene rings is 2. The number of anilines is 2. The van der Waals surface area contributed by atoms with Crippen LogP contribution in [0.3, 0.4) is 0 Å². The van der Waals surface area contributed by atoms with E-state index in [4.69, 9.17) is 5.11 Å². The van der Waals surface area contributed by atoms with Crippen molar-refractivity contribution in [1.29, 1.82) is 0 Å². The van der Waals surface area contributed by atoms with E-state index in [9.17, 15) is 4.79 Å². The molecule has 0 unspecified atom stereocenters. The third-order valence-electron chi connectivity index (χ3n) is 2.81. The first-order chi connectivity index (χ1) is 9.06. The smallest absolute Gasteiger partial charge is 0.307 e. The molecule has 2 aromatic carbocycles. The van der Waals surface area contributed by atoms with Gasteiger partial charge in [0.05, 0.1) is 6.42 Å². The lowest BCUT2D eigenvalue weighted by Gasteiger charge is -2.11. The zero-order chi connectivity index (χ0) is 13.8. The summed E-state index contributed by atoms with van der Waals surface area (Å²) in [4.78, 5) is 10.8. The third-order valence-corrected chi connectivity index (χ3v) is 3.66. The van der Waals surface area contributed by atoms with Crippen LogP contribution in [0.5, 0.6) is 0 Å². The van der Waals surface area contributed by atoms with Crippen LogP contribution in [0.2, 0.25) is 0 Å². The SMILES string of the molecule is Cc1ccc(Nc2ccccc2CC(=O)O)cc1Br. The Bertz CT molecular complexity index is 611. The molecule has 0 spiro atoms. The Morgan fingerprint density at radius 2 is 2.00 bits per heavy atom. The number of nitrogens with one attached hydrogen (secondary N) is 1. The van der Waals surface area contributed by atoms with Crippen LogP contribution in [0, 0.1) is 6.92 Å². The van der Waals surface area contributed by atoms with E-state index in [1.807, 2.05) is 49.4 Å². The largest absolute Gasteiger partial charge is 0.481 e. The highest BCUT2D eigenvalue weighted by atomic mass is 79.9. The zero-order valence-electron chi connectivity index (χ0n) is 10.5. The maximum absolute atomic E-state index is 10.8. The standard InChI is InChI=1S/C15H14BrNO2/c1-10-6-7-12(9-13(10)16)17-14-5-3-2-4-11(14)8-15(18)19/h2-7,9,17H,8H2,1H3,(H,18,19). The summed E-state index contributed by atoms with van der Waals surface area (Å²) in [6, 6.07) is 13.4. The lowest BCUT2D eigenvalue weighted by atomic mass is 10.1. The van der Waals surface area contributed by atoms with E-state index in [2.05, 4.69) is 21.2 Å². The number of rotatable bonds is 4. The number of aliphatic carboxylic acids is 1. The maximum Gasteiger partial charge on any atom is 0.307 e. The molecule has 0 radical (unpaired) electrons. The van der Waals surface area contributed by atoms with Gasteiger partial charge in [0.25, 0.3) is 0 Å². The molecular formula is C15H14BrNO2. The van der Waals surface area contributed by atoms with Crippen molar-refractivity contribution in [3.63, 3.8) is 0 Å². The number of hydrogen-bond acceptors (Lipinski definition) is 2. The second-order valence-corrected chi connectivity index (χ2v) is 5.17. The highest BCUT2D eigenvalue weighted by molar-refractivity contribution is 9.10. The topological polar surface area (TPSA) is 49.3 Å². The molecule has 0 bridgehead atoms. The van der Waals surface area contributed by atoms with E-state index in [1.165, 1.54) is 0 Å². The quantitative estimate of drug-likeness (QED) is 0.890. The lowest BCUT2D eigenvalue weighted by Crippen LogP contribution is -2.03. The first-order valence-corrected chi connectivity index (χ1v) is 6.68. The van der Waals surface area contributed by atoms with E-state index in [1.54, 1.807) is 0 Å². The molecule has 3 nitrogen and oxygen atoms in total. The van der Waals surface area contributed by atoms with Crippen LogP contribution in [0.4, 0.5) is 11.4 Å². The van der Waals surface area contributed by atoms with Crippen LogP contribution in [0.1, 0.15) is 11.1 Å². The number of carbonyl (C=O) groups is 1. The fraction of sp³-hybridized carbons (Fsp3) is 0.133. The zero-order valence-corrected chi connectivity index (χ0v) is 12.1. The van der Waals surface area contributed by atoms with Gasteiger partial charge in [0.15, 0.2) is 0 Å². The maximum atomic E-state index is 10.8. The normalized spacial score (nSPS) is 10.2. The van der Waals surface area contributed by atoms with Crippen LogP contribution in [-0.2, 0) is 11.2 Å². The Morgan fingerprint density at radius 1 is 1.26 bits per heavy atom. The predicted octanol–water partition coefficient (Wildman–Crippen LogP) is 4.13. The summed E-state index contributed by atoms with van der Waals surface area (Å²) >= 11 is 3.48. The highest BCUT2D eigenvalue weighted by Crippen LogP contribution is 2.25. The molecule has 0 aliphatic carbocycles. The molecule has 2 N–H and O–H groups in total. The molecule has 0 saturated carbocycles. The van der Waals surface area contributed by atoms with Crippen LogP contribution >= 0.6 is 15.9 Å². The van der Waals surface area contributed by atoms with Crippen molar-refractivity contribution in [3.05, 3.63) is 58.1 Å². The van der Waals surface area contributed by atoms with E-state index in [-0.39, 0.29) is 6.42 Å². The molecule has 19 heavy (non-hydrogen) atoms. The van der Waals surface area contributed by atoms with Crippen molar-refractivity contribution < 1.29 is 9.90 Å². The average molecular weight is 320 g/mol. The summed E-state index contributed by atoms with van der Waals surface area (Å²) in [5, 5.41) is 12.2. The minimum Gasteiger partial charge on any atom is -0.481 e. The summed E-state index contributed by atoms with van der Waals surface area (Å²) in [7, 11) is 0. The molecule has 0 saturated heterocycles. The molecule has 98 valence electrons. The lowest BCUT2D eigenvalue weighted by molar-refractivity contribution is -0.136. The minimum absolute atomic E-state index is 0.0101. The van der Waals surface area contributed by atoms with E-state index in [0.717, 1.165) is 27.0 Å². The van der Waals surface area contributed by atoms with E-state index < -0.39 is 5.97 Å². The van der Waals surface area contributed by atoms with Gasteiger partial charge in [-0.3, -0.25) is 4.79 Å². The van der Waals surface area contributed by atoms with Gasteiger partial charge < -0.3 is 10.4 Å². The Hall–Kier alpha value is -1.81. The molecule has 0 amide bonds. The summed E-state index contributed by atoms with van der Waals surface area (Å²) < 4.78 is 1.02. The molecular weight excluding hydrogens is 306 g/mol. The van der Waals surface area contributed by atoms with E-state index >= 15 is 0 Å². The molecule has 0 atom stereocenters. The summed E-state index contributed by atoms with van der Waals surface area (Å²) in [5.74, 6) is -0.834. The number of carboxylic acids is 1. The van der Waals surface area contributed by atoms with Crippen LogP contribution < -0.4 is 5.32 Å². The van der Waals surface area contributed by atoms with Crippen molar-refractivity contribution in [2.45, 2.75) is 13.3 Å². The van der Waals surface area contributed by atoms with Gasteiger partial charge in [0.2, 0.25) is 0 Å². The number of halogens is 1. The Balaban J connectivity index is 2.27. The number of carboxylic acid groups (broad SMARTS) is 1. The summed E-state index contributed by atoms with van der Waals surface area (Å²) in [6.45, 7) is 2.02. The second kappa shape index (κ2) is 5.89. The van der Waals surface area contributed by atoms with Crippen molar-refractivity contribution in [2.75, 3.05) is 5.32 Å². The van der Waals surface area contributed by atoms with Gasteiger partial charge in [0, 0.05) is 15.8 Å². The van der Waals surface area contributed by atoms with Gasteiger partial charge in [-0.2, -0.15) is 0 Å². The highest BCUT2D eigenvalue weighted by Gasteiger charge is 2.06. The van der Waals surface area contributed by atoms with Gasteiger partial charge in [-0.1, -0.05) is 40.2 Å². The molecule has 2 rings (SSSR count). The van der Waals surface area contributed by atoms with E-state index in [0.29, 0.717) is 0 Å². The van der Waals surface area contributed by atoms with Crippen LogP contribution in [0.25, 0.3) is 0 Å².